The van der Waals surface area contributed by atoms with Crippen molar-refractivity contribution in [3.8, 4) is 11.5 Å². The van der Waals surface area contributed by atoms with Crippen LogP contribution in [0.2, 0.25) is 0 Å². The lowest BCUT2D eigenvalue weighted by Gasteiger charge is -2.24. The first-order valence-corrected chi connectivity index (χ1v) is 7.68. The van der Waals surface area contributed by atoms with E-state index in [0.29, 0.717) is 5.82 Å². The van der Waals surface area contributed by atoms with Crippen molar-refractivity contribution in [1.82, 2.24) is 15.0 Å². The second kappa shape index (κ2) is 7.31. The number of aromatic nitrogens is 3. The largest absolute Gasteiger partial charge is 0.396 e. The molecule has 5 nitrogen and oxygen atoms in total. The summed E-state index contributed by atoms with van der Waals surface area (Å²) in [4.78, 5) is 13.4. The Kier molecular flexibility index (Phi) is 5.44. The Bertz CT molecular complexity index is 599. The molecule has 0 spiro atoms. The number of nitrogens with zero attached hydrogens (tertiary/aromatic N) is 3. The molecule has 118 valence electrons. The Balaban J connectivity index is 2.21. The molecule has 22 heavy (non-hydrogen) atoms. The highest BCUT2D eigenvalue weighted by Gasteiger charge is 2.17. The SMILES string of the molecule is CCc1cc(NCC(C)(C)CCO)nc(-c2ccccn2)n1. The molecular formula is C17H24N4O. The van der Waals surface area contributed by atoms with Gasteiger partial charge in [-0.25, -0.2) is 9.97 Å². The van der Waals surface area contributed by atoms with Crippen LogP contribution < -0.4 is 5.32 Å². The number of anilines is 1. The fourth-order valence-corrected chi connectivity index (χ4v) is 2.10. The smallest absolute Gasteiger partial charge is 0.180 e. The van der Waals surface area contributed by atoms with Crippen LogP contribution in [0.15, 0.2) is 30.5 Å². The molecule has 0 aliphatic heterocycles. The average molecular weight is 300 g/mol. The standard InChI is InChI=1S/C17H24N4O/c1-4-13-11-15(19-12-17(2,3)8-10-22)21-16(20-13)14-7-5-6-9-18-14/h5-7,9,11,22H,4,8,10,12H2,1-3H3,(H,19,20,21). The molecule has 2 heterocycles. The van der Waals surface area contributed by atoms with Crippen LogP contribution in [0.1, 0.15) is 32.9 Å². The zero-order valence-corrected chi connectivity index (χ0v) is 13.5. The summed E-state index contributed by atoms with van der Waals surface area (Å²) in [7, 11) is 0. The van der Waals surface area contributed by atoms with Crippen LogP contribution in [-0.4, -0.2) is 33.2 Å². The maximum Gasteiger partial charge on any atom is 0.180 e. The number of pyridine rings is 1. The van der Waals surface area contributed by atoms with Gasteiger partial charge in [0.2, 0.25) is 0 Å². The molecule has 2 aromatic rings. The number of aliphatic hydroxyl groups is 1. The molecule has 0 atom stereocenters. The first-order chi connectivity index (χ1) is 10.5. The van der Waals surface area contributed by atoms with E-state index < -0.39 is 0 Å². The molecule has 2 rings (SSSR count). The predicted octanol–water partition coefficient (Wildman–Crippen LogP) is 2.92. The van der Waals surface area contributed by atoms with E-state index in [1.54, 1.807) is 6.20 Å². The van der Waals surface area contributed by atoms with Gasteiger partial charge in [-0.15, -0.1) is 0 Å². The molecule has 0 bridgehead atoms. The van der Waals surface area contributed by atoms with Gasteiger partial charge in [0.15, 0.2) is 5.82 Å². The van der Waals surface area contributed by atoms with E-state index in [9.17, 15) is 0 Å². The zero-order chi connectivity index (χ0) is 16.0. The maximum atomic E-state index is 9.11. The van der Waals surface area contributed by atoms with Crippen molar-refractivity contribution in [2.24, 2.45) is 5.41 Å². The highest BCUT2D eigenvalue weighted by Crippen LogP contribution is 2.21. The van der Waals surface area contributed by atoms with Crippen molar-refractivity contribution in [2.75, 3.05) is 18.5 Å². The fraction of sp³-hybridized carbons (Fsp3) is 0.471. The van der Waals surface area contributed by atoms with Crippen LogP contribution in [0.3, 0.4) is 0 Å². The zero-order valence-electron chi connectivity index (χ0n) is 13.5. The summed E-state index contributed by atoms with van der Waals surface area (Å²) in [6.45, 7) is 7.26. The summed E-state index contributed by atoms with van der Waals surface area (Å²) >= 11 is 0. The first kappa shape index (κ1) is 16.4. The molecule has 0 saturated heterocycles. The number of rotatable bonds is 7. The third-order valence-corrected chi connectivity index (χ3v) is 3.57. The minimum atomic E-state index is 0.0111. The van der Waals surface area contributed by atoms with Gasteiger partial charge in [-0.05, 0) is 30.4 Å². The third-order valence-electron chi connectivity index (χ3n) is 3.57. The van der Waals surface area contributed by atoms with Gasteiger partial charge in [-0.2, -0.15) is 0 Å². The quantitative estimate of drug-likeness (QED) is 0.822. The summed E-state index contributed by atoms with van der Waals surface area (Å²) in [5.41, 5.74) is 1.77. The fourth-order valence-electron chi connectivity index (χ4n) is 2.10. The van der Waals surface area contributed by atoms with Gasteiger partial charge in [0.05, 0.1) is 0 Å². The van der Waals surface area contributed by atoms with Crippen molar-refractivity contribution in [2.45, 2.75) is 33.6 Å². The van der Waals surface area contributed by atoms with E-state index in [1.165, 1.54) is 0 Å². The van der Waals surface area contributed by atoms with Crippen molar-refractivity contribution in [3.05, 3.63) is 36.2 Å². The Morgan fingerprint density at radius 1 is 1.23 bits per heavy atom. The molecule has 2 N–H and O–H groups in total. The second-order valence-corrected chi connectivity index (χ2v) is 6.13. The first-order valence-electron chi connectivity index (χ1n) is 7.68. The van der Waals surface area contributed by atoms with Gasteiger partial charge in [-0.3, -0.25) is 4.98 Å². The van der Waals surface area contributed by atoms with Gasteiger partial charge < -0.3 is 10.4 Å². The summed E-state index contributed by atoms with van der Waals surface area (Å²) in [6.07, 6.45) is 3.34. The normalized spacial score (nSPS) is 11.5. The number of aliphatic hydroxyl groups excluding tert-OH is 1. The maximum absolute atomic E-state index is 9.11. The molecule has 0 aliphatic carbocycles. The van der Waals surface area contributed by atoms with Crippen LogP contribution in [0.25, 0.3) is 11.5 Å². The van der Waals surface area contributed by atoms with Crippen LogP contribution in [0.5, 0.6) is 0 Å². The summed E-state index contributed by atoms with van der Waals surface area (Å²) < 4.78 is 0. The van der Waals surface area contributed by atoms with E-state index in [0.717, 1.165) is 36.6 Å². The molecule has 2 aromatic heterocycles. The van der Waals surface area contributed by atoms with Crippen LogP contribution in [0, 0.1) is 5.41 Å². The van der Waals surface area contributed by atoms with E-state index in [1.807, 2.05) is 24.3 Å². The van der Waals surface area contributed by atoms with Gasteiger partial charge >= 0.3 is 0 Å². The van der Waals surface area contributed by atoms with Crippen molar-refractivity contribution < 1.29 is 5.11 Å². The second-order valence-electron chi connectivity index (χ2n) is 6.13. The van der Waals surface area contributed by atoms with Gasteiger partial charge in [0.1, 0.15) is 11.5 Å². The molecule has 0 aliphatic rings. The molecule has 0 fully saturated rings. The Morgan fingerprint density at radius 2 is 2.05 bits per heavy atom. The molecule has 0 amide bonds. The Morgan fingerprint density at radius 3 is 2.68 bits per heavy atom. The number of nitrogens with one attached hydrogen (secondary N) is 1. The lowest BCUT2D eigenvalue weighted by Crippen LogP contribution is -2.24. The predicted molar refractivity (Wildman–Crippen MR) is 88.6 cm³/mol. The highest BCUT2D eigenvalue weighted by molar-refractivity contribution is 5.52. The summed E-state index contributed by atoms with van der Waals surface area (Å²) in [5, 5.41) is 12.5. The lowest BCUT2D eigenvalue weighted by molar-refractivity contribution is 0.220. The Labute approximate surface area is 131 Å². The minimum Gasteiger partial charge on any atom is -0.396 e. The molecular weight excluding hydrogens is 276 g/mol. The molecule has 0 unspecified atom stereocenters. The monoisotopic (exact) mass is 300 g/mol. The van der Waals surface area contributed by atoms with Crippen molar-refractivity contribution in [1.29, 1.82) is 0 Å². The lowest BCUT2D eigenvalue weighted by atomic mass is 9.90. The van der Waals surface area contributed by atoms with Gasteiger partial charge in [-0.1, -0.05) is 26.8 Å². The topological polar surface area (TPSA) is 70.9 Å². The summed E-state index contributed by atoms with van der Waals surface area (Å²) in [5.74, 6) is 1.45. The van der Waals surface area contributed by atoms with Gasteiger partial charge in [0, 0.05) is 31.1 Å². The number of aryl methyl sites for hydroxylation is 1. The minimum absolute atomic E-state index is 0.0111. The van der Waals surface area contributed by atoms with Crippen LogP contribution in [0.4, 0.5) is 5.82 Å². The molecule has 5 heteroatoms. The average Bonchev–Trinajstić information content (AvgIpc) is 2.53. The van der Waals surface area contributed by atoms with Crippen molar-refractivity contribution in [3.63, 3.8) is 0 Å². The Hall–Kier alpha value is -2.01. The van der Waals surface area contributed by atoms with Crippen LogP contribution >= 0.6 is 0 Å². The molecule has 0 radical (unpaired) electrons. The van der Waals surface area contributed by atoms with E-state index in [2.05, 4.69) is 41.0 Å². The summed E-state index contributed by atoms with van der Waals surface area (Å²) in [6, 6.07) is 7.70. The van der Waals surface area contributed by atoms with Crippen LogP contribution in [-0.2, 0) is 6.42 Å². The van der Waals surface area contributed by atoms with E-state index in [4.69, 9.17) is 5.11 Å². The highest BCUT2D eigenvalue weighted by atomic mass is 16.3. The molecule has 0 saturated carbocycles. The number of hydrogen-bond donors (Lipinski definition) is 2. The van der Waals surface area contributed by atoms with E-state index >= 15 is 0 Å². The van der Waals surface area contributed by atoms with E-state index in [-0.39, 0.29) is 12.0 Å². The number of hydrogen-bond acceptors (Lipinski definition) is 5. The molecule has 0 aromatic carbocycles. The van der Waals surface area contributed by atoms with Gasteiger partial charge in [0.25, 0.3) is 0 Å². The van der Waals surface area contributed by atoms with Crippen molar-refractivity contribution >= 4 is 5.82 Å². The third kappa shape index (κ3) is 4.49.